The maximum Gasteiger partial charge on any atom is 0.181 e. The fourth-order valence-corrected chi connectivity index (χ4v) is 3.74. The van der Waals surface area contributed by atoms with E-state index >= 15 is 0 Å². The van der Waals surface area contributed by atoms with Gasteiger partial charge in [-0.1, -0.05) is 43.0 Å². The van der Waals surface area contributed by atoms with Gasteiger partial charge in [-0.3, -0.25) is 9.69 Å². The molecule has 1 fully saturated rings. The van der Waals surface area contributed by atoms with Crippen LogP contribution in [0.2, 0.25) is 10.0 Å². The summed E-state index contributed by atoms with van der Waals surface area (Å²) in [5.74, 6) is 0.0969. The van der Waals surface area contributed by atoms with Gasteiger partial charge in [0.25, 0.3) is 0 Å². The fraction of sp³-hybridized carbons (Fsp3) is 0.588. The zero-order chi connectivity index (χ0) is 15.4. The van der Waals surface area contributed by atoms with Gasteiger partial charge >= 0.3 is 0 Å². The van der Waals surface area contributed by atoms with Crippen LogP contribution in [0.5, 0.6) is 0 Å². The second kappa shape index (κ2) is 7.62. The Hall–Kier alpha value is -0.570. The minimum absolute atomic E-state index is 0.0969. The van der Waals surface area contributed by atoms with Crippen molar-refractivity contribution in [3.05, 3.63) is 33.8 Å². The lowest BCUT2D eigenvalue weighted by atomic mass is 9.94. The fourth-order valence-electron chi connectivity index (χ4n) is 3.24. The number of carbonyl (C=O) groups is 1. The molecule has 1 aliphatic rings. The minimum atomic E-state index is -0.125. The average molecular weight is 328 g/mol. The van der Waals surface area contributed by atoms with Gasteiger partial charge in [0, 0.05) is 16.6 Å². The molecule has 0 saturated carbocycles. The summed E-state index contributed by atoms with van der Waals surface area (Å²) >= 11 is 12.1. The van der Waals surface area contributed by atoms with Gasteiger partial charge in [0.2, 0.25) is 0 Å². The van der Waals surface area contributed by atoms with Crippen LogP contribution in [0.15, 0.2) is 18.2 Å². The molecule has 2 unspecified atom stereocenters. The number of piperidine rings is 1. The molecular weight excluding hydrogens is 305 g/mol. The van der Waals surface area contributed by atoms with E-state index in [9.17, 15) is 4.79 Å². The van der Waals surface area contributed by atoms with Crippen molar-refractivity contribution in [2.45, 2.75) is 58.0 Å². The van der Waals surface area contributed by atoms with E-state index < -0.39 is 0 Å². The molecule has 2 atom stereocenters. The first-order valence-electron chi connectivity index (χ1n) is 7.79. The van der Waals surface area contributed by atoms with Crippen molar-refractivity contribution in [3.8, 4) is 0 Å². The number of carbonyl (C=O) groups excluding carboxylic acids is 1. The Morgan fingerprint density at radius 2 is 2.14 bits per heavy atom. The number of halogens is 2. The topological polar surface area (TPSA) is 20.3 Å². The van der Waals surface area contributed by atoms with Crippen LogP contribution in [0.3, 0.4) is 0 Å². The van der Waals surface area contributed by atoms with Crippen LogP contribution in [0.1, 0.15) is 56.3 Å². The standard InChI is InChI=1S/C17H23Cl2NO/c1-3-6-14-7-4-5-10-20(14)12(2)17(21)15-9-8-13(18)11-16(15)19/h8-9,11-12,14H,3-7,10H2,1-2H3. The van der Waals surface area contributed by atoms with Gasteiger partial charge in [-0.15, -0.1) is 0 Å². The van der Waals surface area contributed by atoms with E-state index in [2.05, 4.69) is 11.8 Å². The van der Waals surface area contributed by atoms with Gasteiger partial charge < -0.3 is 0 Å². The maximum atomic E-state index is 12.8. The molecule has 0 aromatic heterocycles. The van der Waals surface area contributed by atoms with Crippen molar-refractivity contribution in [1.82, 2.24) is 4.90 Å². The molecule has 1 saturated heterocycles. The molecule has 1 aromatic rings. The van der Waals surface area contributed by atoms with Gasteiger partial charge in [-0.2, -0.15) is 0 Å². The monoisotopic (exact) mass is 327 g/mol. The van der Waals surface area contributed by atoms with Crippen molar-refractivity contribution in [2.24, 2.45) is 0 Å². The summed E-state index contributed by atoms with van der Waals surface area (Å²) in [4.78, 5) is 15.1. The summed E-state index contributed by atoms with van der Waals surface area (Å²) in [5.41, 5.74) is 0.578. The number of nitrogens with zero attached hydrogens (tertiary/aromatic N) is 1. The molecule has 116 valence electrons. The number of ketones is 1. The van der Waals surface area contributed by atoms with E-state index in [-0.39, 0.29) is 11.8 Å². The molecule has 1 heterocycles. The van der Waals surface area contributed by atoms with Gasteiger partial charge in [-0.05, 0) is 50.9 Å². The summed E-state index contributed by atoms with van der Waals surface area (Å²) < 4.78 is 0. The Morgan fingerprint density at radius 3 is 2.81 bits per heavy atom. The molecule has 1 aliphatic heterocycles. The second-order valence-corrected chi connectivity index (χ2v) is 6.68. The first-order valence-corrected chi connectivity index (χ1v) is 8.55. The SMILES string of the molecule is CCCC1CCCCN1C(C)C(=O)c1ccc(Cl)cc1Cl. The number of benzene rings is 1. The van der Waals surface area contributed by atoms with Gasteiger partial charge in [0.05, 0.1) is 11.1 Å². The van der Waals surface area contributed by atoms with E-state index in [0.717, 1.165) is 19.4 Å². The quantitative estimate of drug-likeness (QED) is 0.691. The van der Waals surface area contributed by atoms with Crippen molar-refractivity contribution >= 4 is 29.0 Å². The van der Waals surface area contributed by atoms with E-state index in [0.29, 0.717) is 21.7 Å². The summed E-state index contributed by atoms with van der Waals surface area (Å²) in [7, 11) is 0. The van der Waals surface area contributed by atoms with Crippen molar-refractivity contribution < 1.29 is 4.79 Å². The lowest BCUT2D eigenvalue weighted by Crippen LogP contribution is -2.48. The van der Waals surface area contributed by atoms with Crippen molar-refractivity contribution in [2.75, 3.05) is 6.54 Å². The van der Waals surface area contributed by atoms with E-state index in [1.165, 1.54) is 19.3 Å². The Morgan fingerprint density at radius 1 is 1.38 bits per heavy atom. The largest absolute Gasteiger partial charge is 0.292 e. The predicted octanol–water partition coefficient (Wildman–Crippen LogP) is 5.22. The lowest BCUT2D eigenvalue weighted by molar-refractivity contribution is 0.0649. The van der Waals surface area contributed by atoms with E-state index in [4.69, 9.17) is 23.2 Å². The number of rotatable bonds is 5. The molecule has 4 heteroatoms. The van der Waals surface area contributed by atoms with Crippen LogP contribution in [-0.4, -0.2) is 29.3 Å². The van der Waals surface area contributed by atoms with E-state index in [1.54, 1.807) is 18.2 Å². The molecule has 0 N–H and O–H groups in total. The Kier molecular flexibility index (Phi) is 6.09. The molecule has 2 rings (SSSR count). The third-order valence-electron chi connectivity index (χ3n) is 4.37. The lowest BCUT2D eigenvalue weighted by Gasteiger charge is -2.39. The van der Waals surface area contributed by atoms with Crippen LogP contribution in [0, 0.1) is 0 Å². The zero-order valence-electron chi connectivity index (χ0n) is 12.7. The number of likely N-dealkylation sites (tertiary alicyclic amines) is 1. The normalized spacial score (nSPS) is 21.2. The summed E-state index contributed by atoms with van der Waals surface area (Å²) in [6.07, 6.45) is 5.95. The van der Waals surface area contributed by atoms with Crippen LogP contribution >= 0.6 is 23.2 Å². The molecular formula is C17H23Cl2NO. The third-order valence-corrected chi connectivity index (χ3v) is 4.92. The Bertz CT molecular complexity index is 502. The second-order valence-electron chi connectivity index (χ2n) is 5.84. The molecule has 0 aliphatic carbocycles. The molecule has 2 nitrogen and oxygen atoms in total. The van der Waals surface area contributed by atoms with E-state index in [1.807, 2.05) is 6.92 Å². The van der Waals surface area contributed by atoms with Crippen LogP contribution in [0.25, 0.3) is 0 Å². The van der Waals surface area contributed by atoms with Crippen molar-refractivity contribution in [1.29, 1.82) is 0 Å². The minimum Gasteiger partial charge on any atom is -0.292 e. The highest BCUT2D eigenvalue weighted by atomic mass is 35.5. The highest BCUT2D eigenvalue weighted by Gasteiger charge is 2.30. The smallest absolute Gasteiger partial charge is 0.181 e. The first-order chi connectivity index (χ1) is 10.0. The van der Waals surface area contributed by atoms with Gasteiger partial charge in [-0.25, -0.2) is 0 Å². The highest BCUT2D eigenvalue weighted by molar-refractivity contribution is 6.37. The number of Topliss-reactive ketones (excluding diaryl/α,β-unsaturated/α-hetero) is 1. The summed E-state index contributed by atoms with van der Waals surface area (Å²) in [6, 6.07) is 5.51. The first kappa shape index (κ1) is 16.8. The average Bonchev–Trinajstić information content (AvgIpc) is 2.47. The van der Waals surface area contributed by atoms with Crippen LogP contribution in [-0.2, 0) is 0 Å². The van der Waals surface area contributed by atoms with Crippen LogP contribution < -0.4 is 0 Å². The Balaban J connectivity index is 2.17. The summed E-state index contributed by atoms with van der Waals surface area (Å²) in [6.45, 7) is 5.21. The number of hydrogen-bond donors (Lipinski definition) is 0. The summed E-state index contributed by atoms with van der Waals surface area (Å²) in [5, 5.41) is 1.01. The Labute approximate surface area is 137 Å². The number of hydrogen-bond acceptors (Lipinski definition) is 2. The van der Waals surface area contributed by atoms with Gasteiger partial charge in [0.1, 0.15) is 0 Å². The molecule has 0 amide bonds. The molecule has 21 heavy (non-hydrogen) atoms. The zero-order valence-corrected chi connectivity index (χ0v) is 14.3. The van der Waals surface area contributed by atoms with Crippen LogP contribution in [0.4, 0.5) is 0 Å². The molecule has 0 radical (unpaired) electrons. The highest BCUT2D eigenvalue weighted by Crippen LogP contribution is 2.27. The van der Waals surface area contributed by atoms with Gasteiger partial charge in [0.15, 0.2) is 5.78 Å². The predicted molar refractivity (Wildman–Crippen MR) is 89.5 cm³/mol. The van der Waals surface area contributed by atoms with Crippen molar-refractivity contribution in [3.63, 3.8) is 0 Å². The molecule has 0 spiro atoms. The maximum absolute atomic E-state index is 12.8. The third kappa shape index (κ3) is 4.00. The molecule has 0 bridgehead atoms. The molecule has 1 aromatic carbocycles.